The minimum Gasteiger partial charge on any atom is -0.455 e. The molecule has 1 aliphatic carbocycles. The standard InChI is InChI=1S/C83H76BN3O/c1-51-44-57(81(6,7)8)45-52(2)78(51)85(59-37-33-56(34-38-59)80(3,4)5)62-40-42-70-73(50-62)87(61-39-41-65-64-24-17-19-28-68(64)83(12,13)69(65)49-61)75-48-58(82(9,10)11)47-74-77(75)84(70)71-46-55(53-22-15-14-16-23-53)32-43-72(71)86(74)60-35-30-54(31-36-60)63-26-21-27-67-66-25-18-20-29-76(66)88-79(63)67/h14-50H,1-13H3. The summed E-state index contributed by atoms with van der Waals surface area (Å²) >= 11 is 0. The molecule has 0 saturated carbocycles. The monoisotopic (exact) mass is 1140 g/mol. The Morgan fingerprint density at radius 2 is 0.977 bits per heavy atom. The smallest absolute Gasteiger partial charge is 0.252 e. The first-order chi connectivity index (χ1) is 42.1. The van der Waals surface area contributed by atoms with Crippen molar-refractivity contribution in [2.45, 2.75) is 112 Å². The number of anilines is 9. The van der Waals surface area contributed by atoms with E-state index < -0.39 is 0 Å². The van der Waals surface area contributed by atoms with Gasteiger partial charge in [-0.1, -0.05) is 228 Å². The van der Waals surface area contributed by atoms with E-state index in [9.17, 15) is 0 Å². The van der Waals surface area contributed by atoms with E-state index in [4.69, 9.17) is 4.42 Å². The van der Waals surface area contributed by atoms with Gasteiger partial charge in [0.05, 0.1) is 5.69 Å². The third kappa shape index (κ3) is 8.78. The number of hydrogen-bond donors (Lipinski definition) is 0. The molecule has 0 amide bonds. The van der Waals surface area contributed by atoms with Crippen LogP contribution in [0.2, 0.25) is 0 Å². The number of aryl methyl sites for hydroxylation is 2. The van der Waals surface area contributed by atoms with Gasteiger partial charge in [-0.2, -0.15) is 0 Å². The van der Waals surface area contributed by atoms with Crippen LogP contribution in [-0.2, 0) is 21.7 Å². The highest BCUT2D eigenvalue weighted by Gasteiger charge is 2.46. The van der Waals surface area contributed by atoms with Gasteiger partial charge in [-0.15, -0.1) is 0 Å². The van der Waals surface area contributed by atoms with Gasteiger partial charge < -0.3 is 19.1 Å². The van der Waals surface area contributed by atoms with E-state index in [0.717, 1.165) is 55.8 Å². The molecule has 0 spiro atoms. The minimum absolute atomic E-state index is 0.000909. The third-order valence-corrected chi connectivity index (χ3v) is 19.5. The fourth-order valence-electron chi connectivity index (χ4n) is 14.8. The summed E-state index contributed by atoms with van der Waals surface area (Å²) in [6.45, 7) is 30.3. The van der Waals surface area contributed by atoms with Crippen LogP contribution in [0, 0.1) is 13.8 Å². The molecule has 0 unspecified atom stereocenters. The van der Waals surface area contributed by atoms with Crippen LogP contribution in [0.25, 0.3) is 55.3 Å². The van der Waals surface area contributed by atoms with Crippen LogP contribution in [0.1, 0.15) is 115 Å². The highest BCUT2D eigenvalue weighted by atomic mass is 16.3. The lowest BCUT2D eigenvalue weighted by Gasteiger charge is -2.45. The Hall–Kier alpha value is -9.32. The quantitative estimate of drug-likeness (QED) is 0.148. The Morgan fingerprint density at radius 1 is 0.398 bits per heavy atom. The Balaban J connectivity index is 1.00. The van der Waals surface area contributed by atoms with Crippen molar-refractivity contribution in [2.24, 2.45) is 0 Å². The summed E-state index contributed by atoms with van der Waals surface area (Å²) in [5.74, 6) is 0. The fraction of sp³-hybridized carbons (Fsp3) is 0.205. The second-order valence-corrected chi connectivity index (χ2v) is 28.7. The highest BCUT2D eigenvalue weighted by molar-refractivity contribution is 7.00. The molecule has 15 rings (SSSR count). The van der Waals surface area contributed by atoms with Crippen molar-refractivity contribution in [3.8, 4) is 33.4 Å². The van der Waals surface area contributed by atoms with Crippen LogP contribution < -0.4 is 31.1 Å². The average molecular weight is 1140 g/mol. The largest absolute Gasteiger partial charge is 0.455 e. The van der Waals surface area contributed by atoms with Crippen molar-refractivity contribution in [3.63, 3.8) is 0 Å². The predicted octanol–water partition coefficient (Wildman–Crippen LogP) is 21.3. The minimum atomic E-state index is -0.215. The number of benzene rings is 11. The molecule has 0 radical (unpaired) electrons. The normalized spacial score (nSPS) is 14.0. The molecule has 3 heterocycles. The molecule has 5 heteroatoms. The molecular formula is C83H76BN3O. The van der Waals surface area contributed by atoms with Crippen molar-refractivity contribution >= 4 is 96.2 Å². The molecule has 0 N–H and O–H groups in total. The van der Waals surface area contributed by atoms with Crippen LogP contribution in [-0.4, -0.2) is 6.71 Å². The topological polar surface area (TPSA) is 22.9 Å². The van der Waals surface area contributed by atoms with Crippen LogP contribution in [0.3, 0.4) is 0 Å². The SMILES string of the molecule is Cc1cc(C(C)(C)C)cc(C)c1N(c1ccc(C(C)(C)C)cc1)c1ccc2c(c1)N(c1ccc3c(c1)C(C)(C)c1ccccc1-3)c1cc(C(C)(C)C)cc3c1B2c1cc(-c2ccccc2)ccc1N3c1ccc(-c2cccc3c2oc2ccccc23)cc1. The Kier molecular flexibility index (Phi) is 12.5. The van der Waals surface area contributed by atoms with E-state index in [-0.39, 0.29) is 28.4 Å². The van der Waals surface area contributed by atoms with E-state index >= 15 is 0 Å². The summed E-state index contributed by atoms with van der Waals surface area (Å²) in [6.07, 6.45) is 0. The molecule has 0 bridgehead atoms. The molecule has 1 aromatic heterocycles. The van der Waals surface area contributed by atoms with Crippen LogP contribution in [0.4, 0.5) is 51.2 Å². The number of hydrogen-bond acceptors (Lipinski definition) is 4. The first-order valence-electron chi connectivity index (χ1n) is 31.5. The molecule has 3 aliphatic rings. The zero-order chi connectivity index (χ0) is 60.9. The summed E-state index contributed by atoms with van der Waals surface area (Å²) in [5.41, 5.74) is 32.0. The van der Waals surface area contributed by atoms with E-state index in [1.165, 1.54) is 106 Å². The first kappa shape index (κ1) is 55.3. The van der Waals surface area contributed by atoms with Gasteiger partial charge in [0.1, 0.15) is 11.2 Å². The molecule has 0 saturated heterocycles. The molecule has 0 atom stereocenters. The van der Waals surface area contributed by atoms with Gasteiger partial charge in [0, 0.05) is 67.2 Å². The summed E-state index contributed by atoms with van der Waals surface area (Å²) in [5, 5.41) is 2.26. The van der Waals surface area contributed by atoms with Crippen molar-refractivity contribution in [2.75, 3.05) is 14.7 Å². The van der Waals surface area contributed by atoms with Gasteiger partial charge in [0.2, 0.25) is 0 Å². The van der Waals surface area contributed by atoms with Crippen molar-refractivity contribution in [3.05, 3.63) is 263 Å². The Morgan fingerprint density at radius 3 is 1.68 bits per heavy atom. The number of fused-ring (bicyclic) bond motifs is 10. The summed E-state index contributed by atoms with van der Waals surface area (Å²) < 4.78 is 6.63. The van der Waals surface area contributed by atoms with Gasteiger partial charge in [0.25, 0.3) is 6.71 Å². The lowest BCUT2D eigenvalue weighted by atomic mass is 9.33. The zero-order valence-corrected chi connectivity index (χ0v) is 53.2. The molecule has 11 aromatic carbocycles. The maximum absolute atomic E-state index is 6.63. The van der Waals surface area contributed by atoms with E-state index in [0.29, 0.717) is 0 Å². The van der Waals surface area contributed by atoms with Gasteiger partial charge in [-0.05, 0) is 186 Å². The second kappa shape index (κ2) is 19.9. The summed E-state index contributed by atoms with van der Waals surface area (Å²) in [7, 11) is 0. The van der Waals surface area contributed by atoms with E-state index in [1.54, 1.807) is 0 Å². The van der Waals surface area contributed by atoms with Crippen LogP contribution in [0.15, 0.2) is 229 Å². The third-order valence-electron chi connectivity index (χ3n) is 19.5. The van der Waals surface area contributed by atoms with Crippen molar-refractivity contribution < 1.29 is 4.42 Å². The molecule has 88 heavy (non-hydrogen) atoms. The Bertz CT molecular complexity index is 4770. The first-order valence-corrected chi connectivity index (χ1v) is 31.5. The molecule has 2 aliphatic heterocycles. The fourth-order valence-corrected chi connectivity index (χ4v) is 14.8. The van der Waals surface area contributed by atoms with Gasteiger partial charge in [0.15, 0.2) is 0 Å². The maximum Gasteiger partial charge on any atom is 0.252 e. The molecule has 432 valence electrons. The average Bonchev–Trinajstić information content (AvgIpc) is 0.836. The summed E-state index contributed by atoms with van der Waals surface area (Å²) in [6, 6.07) is 85.3. The number of para-hydroxylation sites is 2. The van der Waals surface area contributed by atoms with Crippen LogP contribution in [0.5, 0.6) is 0 Å². The maximum atomic E-state index is 6.63. The van der Waals surface area contributed by atoms with Gasteiger partial charge in [-0.25, -0.2) is 0 Å². The van der Waals surface area contributed by atoms with E-state index in [2.05, 4.69) is 323 Å². The number of rotatable bonds is 7. The Labute approximate surface area is 520 Å². The van der Waals surface area contributed by atoms with Crippen LogP contribution >= 0.6 is 0 Å². The lowest BCUT2D eigenvalue weighted by molar-refractivity contribution is 0.589. The molecule has 4 nitrogen and oxygen atoms in total. The number of furan rings is 1. The van der Waals surface area contributed by atoms with E-state index in [1.807, 2.05) is 6.07 Å². The second-order valence-electron chi connectivity index (χ2n) is 28.7. The molecular weight excluding hydrogens is 1070 g/mol. The van der Waals surface area contributed by atoms with Crippen molar-refractivity contribution in [1.82, 2.24) is 0 Å². The summed E-state index contributed by atoms with van der Waals surface area (Å²) in [4.78, 5) is 7.75. The predicted molar refractivity (Wildman–Crippen MR) is 376 cm³/mol. The highest BCUT2D eigenvalue weighted by Crippen LogP contribution is 2.54. The number of nitrogens with zero attached hydrogens (tertiary/aromatic N) is 3. The van der Waals surface area contributed by atoms with Crippen molar-refractivity contribution in [1.29, 1.82) is 0 Å². The zero-order valence-electron chi connectivity index (χ0n) is 53.2. The van der Waals surface area contributed by atoms with Gasteiger partial charge >= 0.3 is 0 Å². The van der Waals surface area contributed by atoms with Gasteiger partial charge in [-0.3, -0.25) is 0 Å². The molecule has 0 fully saturated rings. The molecule has 12 aromatic rings. The lowest BCUT2D eigenvalue weighted by Crippen LogP contribution is -2.61.